The van der Waals surface area contributed by atoms with Crippen molar-refractivity contribution >= 4 is 78.9 Å². The molecule has 4 aromatic rings. The Balaban J connectivity index is 1.64. The number of phenols is 2. The number of hydrogen-bond acceptors (Lipinski definition) is 7. The standard InChI is InChI=1S/C29H25Cl4NO6S3/c30-22-11-24(32)28(35)26(13-22)42(37,38)9-8-18-2-1-3-21(10-18)16-34(15-19-4-6-20(17-41)7-5-19)43(39,40)27-14-23(31)12-25(33)29(27)36/h1-7,10-14,35-36,41H,8-9,15-17H2. The number of aromatic hydroxyl groups is 2. The zero-order valence-electron chi connectivity index (χ0n) is 22.2. The summed E-state index contributed by atoms with van der Waals surface area (Å²) in [5, 5.41) is 20.5. The van der Waals surface area contributed by atoms with Crippen LogP contribution < -0.4 is 0 Å². The van der Waals surface area contributed by atoms with E-state index in [1.165, 1.54) is 16.4 Å². The quantitative estimate of drug-likeness (QED) is 0.138. The van der Waals surface area contributed by atoms with Crippen molar-refractivity contribution in [2.75, 3.05) is 5.75 Å². The predicted octanol–water partition coefficient (Wildman–Crippen LogP) is 7.55. The second kappa shape index (κ2) is 13.9. The van der Waals surface area contributed by atoms with Crippen LogP contribution in [0.3, 0.4) is 0 Å². The summed E-state index contributed by atoms with van der Waals surface area (Å²) in [6, 6.07) is 18.8. The second-order valence-electron chi connectivity index (χ2n) is 9.61. The molecular weight excluding hydrogens is 696 g/mol. The number of benzene rings is 4. The van der Waals surface area contributed by atoms with Crippen LogP contribution in [0.2, 0.25) is 20.1 Å². The lowest BCUT2D eigenvalue weighted by Crippen LogP contribution is -2.30. The third-order valence-corrected chi connectivity index (χ3v) is 11.4. The molecule has 0 unspecified atom stereocenters. The molecule has 7 nitrogen and oxygen atoms in total. The van der Waals surface area contributed by atoms with Gasteiger partial charge in [-0.05, 0) is 52.9 Å². The molecule has 0 spiro atoms. The Kier molecular flexibility index (Phi) is 10.9. The molecule has 0 bridgehead atoms. The average molecular weight is 722 g/mol. The van der Waals surface area contributed by atoms with Crippen LogP contribution in [-0.2, 0) is 45.1 Å². The lowest BCUT2D eigenvalue weighted by molar-refractivity contribution is 0.394. The topological polar surface area (TPSA) is 112 Å². The normalized spacial score (nSPS) is 12.1. The van der Waals surface area contributed by atoms with Gasteiger partial charge in [-0.3, -0.25) is 0 Å². The molecular formula is C29H25Cl4NO6S3. The summed E-state index contributed by atoms with van der Waals surface area (Å²) in [6.07, 6.45) is 0.0579. The Morgan fingerprint density at radius 3 is 1.77 bits per heavy atom. The molecule has 4 rings (SSSR count). The summed E-state index contributed by atoms with van der Waals surface area (Å²) in [6.45, 7) is -0.169. The van der Waals surface area contributed by atoms with Crippen molar-refractivity contribution in [1.29, 1.82) is 0 Å². The summed E-state index contributed by atoms with van der Waals surface area (Å²) in [5.74, 6) is -1.05. The van der Waals surface area contributed by atoms with Crippen molar-refractivity contribution in [1.82, 2.24) is 4.31 Å². The highest BCUT2D eigenvalue weighted by molar-refractivity contribution is 7.91. The number of nitrogens with zero attached hydrogens (tertiary/aromatic N) is 1. The number of aryl methyl sites for hydroxylation is 1. The Morgan fingerprint density at radius 2 is 1.16 bits per heavy atom. The molecule has 0 aliphatic carbocycles. The van der Waals surface area contributed by atoms with E-state index >= 15 is 0 Å². The Labute approximate surface area is 276 Å². The molecule has 43 heavy (non-hydrogen) atoms. The third kappa shape index (κ3) is 8.12. The number of rotatable bonds is 11. The van der Waals surface area contributed by atoms with Gasteiger partial charge in [-0.2, -0.15) is 16.9 Å². The molecule has 14 heteroatoms. The highest BCUT2D eigenvalue weighted by Crippen LogP contribution is 2.37. The van der Waals surface area contributed by atoms with E-state index in [0.717, 1.165) is 17.7 Å². The molecule has 0 saturated carbocycles. The molecule has 0 aliphatic heterocycles. The van der Waals surface area contributed by atoms with Crippen LogP contribution in [0, 0.1) is 0 Å². The number of hydrogen-bond donors (Lipinski definition) is 3. The van der Waals surface area contributed by atoms with Crippen molar-refractivity contribution in [3.05, 3.63) is 115 Å². The number of phenolic OH excluding ortho intramolecular Hbond substituents is 2. The van der Waals surface area contributed by atoms with Crippen molar-refractivity contribution in [3.63, 3.8) is 0 Å². The van der Waals surface area contributed by atoms with Crippen molar-refractivity contribution in [3.8, 4) is 11.5 Å². The van der Waals surface area contributed by atoms with Gasteiger partial charge in [0.25, 0.3) is 0 Å². The minimum atomic E-state index is -4.34. The lowest BCUT2D eigenvalue weighted by Gasteiger charge is -2.24. The van der Waals surface area contributed by atoms with Gasteiger partial charge in [0.15, 0.2) is 21.3 Å². The minimum Gasteiger partial charge on any atom is -0.505 e. The molecule has 0 aromatic heterocycles. The van der Waals surface area contributed by atoms with Gasteiger partial charge < -0.3 is 10.2 Å². The molecule has 0 heterocycles. The first kappa shape index (κ1) is 33.7. The molecule has 0 atom stereocenters. The van der Waals surface area contributed by atoms with E-state index in [-0.39, 0.29) is 50.2 Å². The van der Waals surface area contributed by atoms with E-state index in [0.29, 0.717) is 22.4 Å². The number of sulfone groups is 1. The van der Waals surface area contributed by atoms with Gasteiger partial charge in [0.05, 0.1) is 15.8 Å². The zero-order valence-corrected chi connectivity index (χ0v) is 27.8. The van der Waals surface area contributed by atoms with E-state index in [2.05, 4.69) is 12.6 Å². The summed E-state index contributed by atoms with van der Waals surface area (Å²) in [5.41, 5.74) is 2.81. The highest BCUT2D eigenvalue weighted by atomic mass is 35.5. The zero-order chi connectivity index (χ0) is 31.5. The predicted molar refractivity (Wildman–Crippen MR) is 174 cm³/mol. The number of halogens is 4. The van der Waals surface area contributed by atoms with Gasteiger partial charge in [0.1, 0.15) is 9.79 Å². The number of sulfonamides is 1. The number of thiol groups is 1. The molecule has 0 amide bonds. The fraction of sp³-hybridized carbons (Fsp3) is 0.172. The maximum Gasteiger partial charge on any atom is 0.247 e. The van der Waals surface area contributed by atoms with Crippen LogP contribution in [0.1, 0.15) is 22.3 Å². The van der Waals surface area contributed by atoms with E-state index in [1.54, 1.807) is 36.4 Å². The van der Waals surface area contributed by atoms with E-state index in [9.17, 15) is 27.0 Å². The van der Waals surface area contributed by atoms with Crippen LogP contribution in [-0.4, -0.2) is 37.1 Å². The summed E-state index contributed by atoms with van der Waals surface area (Å²) >= 11 is 28.2. The molecule has 0 aliphatic rings. The first-order valence-electron chi connectivity index (χ1n) is 12.6. The Bertz CT molecular complexity index is 1870. The van der Waals surface area contributed by atoms with Crippen molar-refractivity contribution in [2.24, 2.45) is 0 Å². The van der Waals surface area contributed by atoms with Gasteiger partial charge in [-0.1, -0.05) is 94.9 Å². The summed E-state index contributed by atoms with van der Waals surface area (Å²) < 4.78 is 55.0. The largest absolute Gasteiger partial charge is 0.505 e. The minimum absolute atomic E-state index is 0.0368. The average Bonchev–Trinajstić information content (AvgIpc) is 2.96. The second-order valence-corrected chi connectivity index (χ2v) is 15.6. The molecule has 228 valence electrons. The van der Waals surface area contributed by atoms with Gasteiger partial charge >= 0.3 is 0 Å². The van der Waals surface area contributed by atoms with E-state index in [1.807, 2.05) is 12.1 Å². The Hall–Kier alpha value is -2.15. The van der Waals surface area contributed by atoms with Crippen molar-refractivity contribution in [2.45, 2.75) is 35.1 Å². The van der Waals surface area contributed by atoms with E-state index in [4.69, 9.17) is 46.4 Å². The summed E-state index contributed by atoms with van der Waals surface area (Å²) in [4.78, 5) is -0.818. The van der Waals surface area contributed by atoms with Gasteiger partial charge in [0.2, 0.25) is 10.0 Å². The van der Waals surface area contributed by atoms with Crippen molar-refractivity contribution < 1.29 is 27.0 Å². The van der Waals surface area contributed by atoms with Crippen LogP contribution >= 0.6 is 59.0 Å². The monoisotopic (exact) mass is 719 g/mol. The first-order chi connectivity index (χ1) is 20.2. The molecule has 4 aromatic carbocycles. The van der Waals surface area contributed by atoms with Crippen LogP contribution in [0.4, 0.5) is 0 Å². The lowest BCUT2D eigenvalue weighted by atomic mass is 10.1. The first-order valence-corrected chi connectivity index (χ1v) is 17.8. The van der Waals surface area contributed by atoms with Crippen LogP contribution in [0.15, 0.2) is 82.6 Å². The maximum absolute atomic E-state index is 13.9. The molecule has 2 N–H and O–H groups in total. The van der Waals surface area contributed by atoms with Gasteiger partial charge in [0, 0.05) is 28.9 Å². The molecule has 0 radical (unpaired) electrons. The fourth-order valence-electron chi connectivity index (χ4n) is 4.29. The smallest absolute Gasteiger partial charge is 0.247 e. The summed E-state index contributed by atoms with van der Waals surface area (Å²) in [7, 11) is -8.31. The molecule has 0 saturated heterocycles. The maximum atomic E-state index is 13.9. The highest BCUT2D eigenvalue weighted by Gasteiger charge is 2.30. The third-order valence-electron chi connectivity index (χ3n) is 6.51. The van der Waals surface area contributed by atoms with Gasteiger partial charge in [-0.25, -0.2) is 16.8 Å². The van der Waals surface area contributed by atoms with Crippen LogP contribution in [0.5, 0.6) is 11.5 Å². The molecule has 0 fully saturated rings. The Morgan fingerprint density at radius 1 is 0.651 bits per heavy atom. The SMILES string of the molecule is O=S(=O)(CCc1cccc(CN(Cc2ccc(CS)cc2)S(=O)(=O)c2cc(Cl)cc(Cl)c2O)c1)c1cc(Cl)cc(Cl)c1O. The van der Waals surface area contributed by atoms with Gasteiger partial charge in [-0.15, -0.1) is 0 Å². The van der Waals surface area contributed by atoms with E-state index < -0.39 is 36.3 Å². The fourth-order valence-corrected chi connectivity index (χ4v) is 8.71. The van der Waals surface area contributed by atoms with Crippen LogP contribution in [0.25, 0.3) is 0 Å².